The molecule has 3 aromatic carbocycles. The van der Waals surface area contributed by atoms with Crippen LogP contribution >= 0.6 is 45.9 Å². The molecular formula is C28H14Cl2O2S2. The molecule has 5 aromatic rings. The highest BCUT2D eigenvalue weighted by molar-refractivity contribution is 7.29. The molecule has 2 nitrogen and oxygen atoms in total. The lowest BCUT2D eigenvalue weighted by Crippen LogP contribution is -1.99. The van der Waals surface area contributed by atoms with Crippen LogP contribution in [0.1, 0.15) is 25.6 Å². The van der Waals surface area contributed by atoms with E-state index in [1.54, 1.807) is 28.7 Å². The molecule has 1 aliphatic carbocycles. The molecule has 0 bridgehead atoms. The molecule has 2 heterocycles. The van der Waals surface area contributed by atoms with Gasteiger partial charge in [0.15, 0.2) is 11.6 Å². The zero-order valence-corrected chi connectivity index (χ0v) is 20.6. The zero-order valence-electron chi connectivity index (χ0n) is 17.5. The first-order valence-electron chi connectivity index (χ1n) is 10.5. The summed E-state index contributed by atoms with van der Waals surface area (Å²) < 4.78 is 2.25. The summed E-state index contributed by atoms with van der Waals surface area (Å²) in [6.45, 7) is 0. The van der Waals surface area contributed by atoms with Crippen LogP contribution in [0, 0.1) is 0 Å². The van der Waals surface area contributed by atoms with E-state index in [9.17, 15) is 9.59 Å². The molecular weight excluding hydrogens is 503 g/mol. The highest BCUT2D eigenvalue weighted by atomic mass is 35.5. The van der Waals surface area contributed by atoms with Gasteiger partial charge in [0.05, 0.1) is 15.6 Å². The summed E-state index contributed by atoms with van der Waals surface area (Å²) in [7, 11) is 0. The summed E-state index contributed by atoms with van der Waals surface area (Å²) in [4.78, 5) is 27.7. The summed E-state index contributed by atoms with van der Waals surface area (Å²) in [5.41, 5.74) is 4.32. The van der Waals surface area contributed by atoms with E-state index >= 15 is 0 Å². The van der Waals surface area contributed by atoms with Crippen LogP contribution in [-0.4, -0.2) is 11.6 Å². The minimum absolute atomic E-state index is 0.152. The third-order valence-electron chi connectivity index (χ3n) is 5.83. The van der Waals surface area contributed by atoms with Crippen LogP contribution in [0.25, 0.3) is 37.0 Å². The number of Topliss-reactive ketones (excluding diaryl/α,β-unsaturated/α-hetero) is 2. The quantitative estimate of drug-likeness (QED) is 0.177. The van der Waals surface area contributed by atoms with Crippen molar-refractivity contribution < 1.29 is 9.59 Å². The van der Waals surface area contributed by atoms with E-state index in [1.165, 1.54) is 33.7 Å². The molecule has 2 aromatic heterocycles. The lowest BCUT2D eigenvalue weighted by atomic mass is 10.0. The van der Waals surface area contributed by atoms with Crippen molar-refractivity contribution in [2.45, 2.75) is 0 Å². The molecule has 1 aliphatic rings. The summed E-state index contributed by atoms with van der Waals surface area (Å²) in [6, 6.07) is 26.0. The first kappa shape index (κ1) is 21.5. The molecule has 0 aliphatic heterocycles. The molecule has 0 saturated heterocycles. The summed E-state index contributed by atoms with van der Waals surface area (Å²) >= 11 is 15.4. The number of fused-ring (bicyclic) bond motifs is 2. The highest BCUT2D eigenvalue weighted by Gasteiger charge is 2.34. The third-order valence-corrected chi connectivity index (χ3v) is 8.84. The Labute approximate surface area is 213 Å². The van der Waals surface area contributed by atoms with Crippen molar-refractivity contribution in [1.29, 1.82) is 0 Å². The molecule has 0 unspecified atom stereocenters. The summed E-state index contributed by atoms with van der Waals surface area (Å²) in [5.74, 6) is -0.621. The van der Waals surface area contributed by atoms with Gasteiger partial charge in [0.1, 0.15) is 0 Å². The summed E-state index contributed by atoms with van der Waals surface area (Å²) in [6.07, 6.45) is 1.68. The van der Waals surface area contributed by atoms with Crippen molar-refractivity contribution in [2.75, 3.05) is 0 Å². The van der Waals surface area contributed by atoms with E-state index in [4.69, 9.17) is 23.2 Å². The molecule has 6 heteroatoms. The number of halogens is 2. The van der Waals surface area contributed by atoms with Gasteiger partial charge in [-0.1, -0.05) is 77.8 Å². The molecule has 6 rings (SSSR count). The van der Waals surface area contributed by atoms with Gasteiger partial charge >= 0.3 is 0 Å². The Bertz CT molecular complexity index is 1570. The van der Waals surface area contributed by atoms with Gasteiger partial charge < -0.3 is 0 Å². The molecule has 0 radical (unpaired) electrons. The SMILES string of the molecule is O=C1C(=Cc2cc3sc(-c4ccc(-c5ccccc5)cc4)cc3s2)C(=O)c2cc(Cl)c(Cl)cc21. The van der Waals surface area contributed by atoms with Crippen molar-refractivity contribution in [1.82, 2.24) is 0 Å². The number of ketones is 2. The number of hydrogen-bond donors (Lipinski definition) is 0. The average Bonchev–Trinajstić information content (AvgIpc) is 3.48. The number of carbonyl (C=O) groups is 2. The predicted octanol–water partition coefficient (Wildman–Crippen LogP) is 9.07. The van der Waals surface area contributed by atoms with E-state index < -0.39 is 0 Å². The second-order valence-corrected chi connectivity index (χ2v) is 11.0. The van der Waals surface area contributed by atoms with Crippen molar-refractivity contribution in [3.63, 3.8) is 0 Å². The number of allylic oxidation sites excluding steroid dienone is 1. The lowest BCUT2D eigenvalue weighted by molar-refractivity contribution is 0.0990. The topological polar surface area (TPSA) is 34.1 Å². The van der Waals surface area contributed by atoms with Crippen molar-refractivity contribution in [2.24, 2.45) is 0 Å². The first-order chi connectivity index (χ1) is 16.5. The maximum absolute atomic E-state index is 12.8. The van der Waals surface area contributed by atoms with Crippen molar-refractivity contribution >= 4 is 72.9 Å². The Balaban J connectivity index is 1.29. The third kappa shape index (κ3) is 3.64. The smallest absolute Gasteiger partial charge is 0.197 e. The Hall–Kier alpha value is -3.02. The fraction of sp³-hybridized carbons (Fsp3) is 0. The van der Waals surface area contributed by atoms with Crippen LogP contribution in [-0.2, 0) is 0 Å². The van der Waals surface area contributed by atoms with E-state index in [0.29, 0.717) is 11.1 Å². The number of thiophene rings is 2. The van der Waals surface area contributed by atoms with Crippen LogP contribution in [0.4, 0.5) is 0 Å². The minimum Gasteiger partial charge on any atom is -0.288 e. The van der Waals surface area contributed by atoms with Crippen LogP contribution in [0.2, 0.25) is 10.0 Å². The van der Waals surface area contributed by atoms with Gasteiger partial charge in [0.2, 0.25) is 0 Å². The maximum atomic E-state index is 12.8. The van der Waals surface area contributed by atoms with Gasteiger partial charge in [0.25, 0.3) is 0 Å². The monoisotopic (exact) mass is 516 g/mol. The van der Waals surface area contributed by atoms with Gasteiger partial charge in [-0.15, -0.1) is 22.7 Å². The molecule has 0 saturated carbocycles. The van der Waals surface area contributed by atoms with Crippen LogP contribution < -0.4 is 0 Å². The number of carbonyl (C=O) groups excluding carboxylic acids is 2. The molecule has 0 amide bonds. The Morgan fingerprint density at radius 1 is 0.618 bits per heavy atom. The van der Waals surface area contributed by atoms with E-state index in [-0.39, 0.29) is 27.2 Å². The molecule has 34 heavy (non-hydrogen) atoms. The molecule has 0 atom stereocenters. The van der Waals surface area contributed by atoms with E-state index in [1.807, 2.05) is 24.3 Å². The Morgan fingerprint density at radius 2 is 1.18 bits per heavy atom. The summed E-state index contributed by atoms with van der Waals surface area (Å²) in [5, 5.41) is 0.535. The van der Waals surface area contributed by atoms with Crippen LogP contribution in [0.3, 0.4) is 0 Å². The van der Waals surface area contributed by atoms with Gasteiger partial charge in [-0.3, -0.25) is 9.59 Å². The van der Waals surface area contributed by atoms with Gasteiger partial charge in [-0.2, -0.15) is 0 Å². The first-order valence-corrected chi connectivity index (χ1v) is 12.9. The van der Waals surface area contributed by atoms with E-state index in [0.717, 1.165) is 14.3 Å². The number of hydrogen-bond acceptors (Lipinski definition) is 4. The minimum atomic E-state index is -0.311. The lowest BCUT2D eigenvalue weighted by Gasteiger charge is -2.03. The van der Waals surface area contributed by atoms with Gasteiger partial charge in [-0.25, -0.2) is 0 Å². The maximum Gasteiger partial charge on any atom is 0.197 e. The van der Waals surface area contributed by atoms with Crippen molar-refractivity contribution in [3.8, 4) is 21.6 Å². The van der Waals surface area contributed by atoms with Gasteiger partial charge in [0, 0.05) is 30.3 Å². The largest absolute Gasteiger partial charge is 0.288 e. The number of rotatable bonds is 3. The standard InChI is InChI=1S/C28H14Cl2O2S2/c29-22-12-19-20(13-23(22)30)28(32)21(27(19)31)10-18-11-25-26(33-18)14-24(34-25)17-8-6-16(7-9-17)15-4-2-1-3-5-15/h1-14H. The Morgan fingerprint density at radius 3 is 1.79 bits per heavy atom. The van der Waals surface area contributed by atoms with Gasteiger partial charge in [-0.05, 0) is 47.0 Å². The Kier molecular flexibility index (Phi) is 5.27. The van der Waals surface area contributed by atoms with E-state index in [2.05, 4.69) is 42.5 Å². The normalized spacial score (nSPS) is 13.1. The average molecular weight is 517 g/mol. The fourth-order valence-corrected chi connectivity index (χ4v) is 6.80. The fourth-order valence-electron chi connectivity index (χ4n) is 4.11. The second kappa shape index (κ2) is 8.33. The number of benzene rings is 3. The highest BCUT2D eigenvalue weighted by Crippen LogP contribution is 2.40. The zero-order chi connectivity index (χ0) is 23.4. The molecule has 0 N–H and O–H groups in total. The predicted molar refractivity (Wildman–Crippen MR) is 144 cm³/mol. The molecule has 0 fully saturated rings. The second-order valence-electron chi connectivity index (χ2n) is 7.96. The molecule has 0 spiro atoms. The van der Waals surface area contributed by atoms with Crippen molar-refractivity contribution in [3.05, 3.63) is 110 Å². The van der Waals surface area contributed by atoms with Crippen LogP contribution in [0.5, 0.6) is 0 Å². The molecule has 164 valence electrons. The van der Waals surface area contributed by atoms with Crippen LogP contribution in [0.15, 0.2) is 84.4 Å².